The lowest BCUT2D eigenvalue weighted by Crippen LogP contribution is -2.10. The summed E-state index contributed by atoms with van der Waals surface area (Å²) in [5, 5.41) is 7.11. The van der Waals surface area contributed by atoms with Gasteiger partial charge >= 0.3 is 0 Å². The van der Waals surface area contributed by atoms with Gasteiger partial charge in [-0.15, -0.1) is 11.3 Å². The first-order chi connectivity index (χ1) is 27.4. The standard InChI is InChI=1S/C52H37NO2S/c1-52(2,3)34-25-30-47-44(31-34)42-16-10-18-45(50(42)55-47)53(35-26-21-32(22-27-35)37-13-8-15-41-39-11-4-6-19-46(39)54-49(37)41)36-28-23-33(24-29-36)38-14-9-17-43-40-12-5-7-20-48(40)56-51(38)43/h4-31H,1-3H3. The van der Waals surface area contributed by atoms with E-state index in [0.717, 1.165) is 72.1 Å². The molecule has 0 saturated heterocycles. The first-order valence-corrected chi connectivity index (χ1v) is 20.0. The Morgan fingerprint density at radius 3 is 1.77 bits per heavy atom. The van der Waals surface area contributed by atoms with Crippen molar-refractivity contribution in [2.24, 2.45) is 0 Å². The molecule has 8 aromatic carbocycles. The number of benzene rings is 8. The first kappa shape index (κ1) is 32.8. The minimum absolute atomic E-state index is 0.0256. The average Bonchev–Trinajstić information content (AvgIpc) is 3.93. The number of anilines is 3. The smallest absolute Gasteiger partial charge is 0.159 e. The highest BCUT2D eigenvalue weighted by molar-refractivity contribution is 7.26. The van der Waals surface area contributed by atoms with E-state index in [2.05, 4.69) is 183 Å². The zero-order valence-electron chi connectivity index (χ0n) is 31.3. The quantitative estimate of drug-likeness (QED) is 0.176. The van der Waals surface area contributed by atoms with Gasteiger partial charge in [0, 0.05) is 58.7 Å². The highest BCUT2D eigenvalue weighted by Gasteiger charge is 2.22. The van der Waals surface area contributed by atoms with Crippen molar-refractivity contribution in [1.29, 1.82) is 0 Å². The molecule has 11 aromatic rings. The molecule has 0 bridgehead atoms. The van der Waals surface area contributed by atoms with Gasteiger partial charge in [0.05, 0.1) is 5.69 Å². The summed E-state index contributed by atoms with van der Waals surface area (Å²) < 4.78 is 15.8. The molecule has 0 radical (unpaired) electrons. The van der Waals surface area contributed by atoms with Crippen molar-refractivity contribution in [3.05, 3.63) is 175 Å². The van der Waals surface area contributed by atoms with Crippen LogP contribution in [0, 0.1) is 0 Å². The van der Waals surface area contributed by atoms with Crippen LogP contribution >= 0.6 is 11.3 Å². The number of hydrogen-bond acceptors (Lipinski definition) is 4. The average molecular weight is 740 g/mol. The lowest BCUT2D eigenvalue weighted by atomic mass is 9.86. The second-order valence-electron chi connectivity index (χ2n) is 15.7. The predicted molar refractivity (Wildman–Crippen MR) is 238 cm³/mol. The Bertz CT molecular complexity index is 3130. The fourth-order valence-corrected chi connectivity index (χ4v) is 9.62. The Morgan fingerprint density at radius 2 is 1.02 bits per heavy atom. The molecular weight excluding hydrogens is 703 g/mol. The van der Waals surface area contributed by atoms with Gasteiger partial charge in [0.1, 0.15) is 16.7 Å². The molecule has 0 spiro atoms. The highest BCUT2D eigenvalue weighted by Crippen LogP contribution is 2.45. The molecule has 4 heteroatoms. The van der Waals surface area contributed by atoms with Gasteiger partial charge in [-0.2, -0.15) is 0 Å². The maximum atomic E-state index is 6.76. The maximum absolute atomic E-state index is 6.76. The maximum Gasteiger partial charge on any atom is 0.159 e. The largest absolute Gasteiger partial charge is 0.455 e. The van der Waals surface area contributed by atoms with E-state index >= 15 is 0 Å². The second kappa shape index (κ2) is 12.5. The van der Waals surface area contributed by atoms with Gasteiger partial charge in [0.2, 0.25) is 0 Å². The molecule has 0 amide bonds. The fourth-order valence-electron chi connectivity index (χ4n) is 8.38. The minimum atomic E-state index is 0.0256. The topological polar surface area (TPSA) is 29.5 Å². The summed E-state index contributed by atoms with van der Waals surface area (Å²) in [6.45, 7) is 6.77. The molecule has 3 nitrogen and oxygen atoms in total. The first-order valence-electron chi connectivity index (χ1n) is 19.2. The van der Waals surface area contributed by atoms with Crippen molar-refractivity contribution in [2.75, 3.05) is 4.90 Å². The third-order valence-corrected chi connectivity index (χ3v) is 12.5. The summed E-state index contributed by atoms with van der Waals surface area (Å²) in [5.41, 5.74) is 12.6. The number of rotatable bonds is 5. The summed E-state index contributed by atoms with van der Waals surface area (Å²) in [5.74, 6) is 0. The van der Waals surface area contributed by atoms with E-state index in [1.165, 1.54) is 36.9 Å². The molecule has 56 heavy (non-hydrogen) atoms. The molecule has 0 atom stereocenters. The van der Waals surface area contributed by atoms with Crippen molar-refractivity contribution < 1.29 is 8.83 Å². The Hall–Kier alpha value is -6.62. The number of thiophene rings is 1. The van der Waals surface area contributed by atoms with Crippen LogP contribution in [0.3, 0.4) is 0 Å². The van der Waals surface area contributed by atoms with Gasteiger partial charge in [-0.25, -0.2) is 0 Å². The van der Waals surface area contributed by atoms with Crippen LogP contribution in [-0.2, 0) is 5.41 Å². The third kappa shape index (κ3) is 5.17. The number of nitrogens with zero attached hydrogens (tertiary/aromatic N) is 1. The SMILES string of the molecule is CC(C)(C)c1ccc2oc3c(N(c4ccc(-c5cccc6c5oc5ccccc56)cc4)c4ccc(-c5cccc6c5sc5ccccc56)cc4)cccc3c2c1. The molecular formula is C52H37NO2S. The zero-order chi connectivity index (χ0) is 37.5. The molecule has 3 aromatic heterocycles. The lowest BCUT2D eigenvalue weighted by molar-refractivity contribution is 0.590. The van der Waals surface area contributed by atoms with E-state index < -0.39 is 0 Å². The van der Waals surface area contributed by atoms with Crippen LogP contribution in [0.1, 0.15) is 26.3 Å². The molecule has 0 N–H and O–H groups in total. The van der Waals surface area contributed by atoms with Crippen molar-refractivity contribution in [3.8, 4) is 22.3 Å². The van der Waals surface area contributed by atoms with Crippen molar-refractivity contribution >= 4 is 92.4 Å². The van der Waals surface area contributed by atoms with Crippen LogP contribution in [0.15, 0.2) is 179 Å². The number of hydrogen-bond donors (Lipinski definition) is 0. The normalized spacial score (nSPS) is 12.2. The molecule has 0 unspecified atom stereocenters. The van der Waals surface area contributed by atoms with Crippen LogP contribution in [0.5, 0.6) is 0 Å². The van der Waals surface area contributed by atoms with Crippen LogP contribution in [-0.4, -0.2) is 0 Å². The van der Waals surface area contributed by atoms with E-state index in [9.17, 15) is 0 Å². The second-order valence-corrected chi connectivity index (χ2v) is 16.8. The van der Waals surface area contributed by atoms with Crippen molar-refractivity contribution in [2.45, 2.75) is 26.2 Å². The van der Waals surface area contributed by atoms with E-state index in [4.69, 9.17) is 8.83 Å². The molecule has 0 saturated carbocycles. The molecule has 0 aliphatic rings. The van der Waals surface area contributed by atoms with E-state index in [0.29, 0.717) is 0 Å². The van der Waals surface area contributed by atoms with Gasteiger partial charge < -0.3 is 13.7 Å². The number of fused-ring (bicyclic) bond motifs is 9. The Balaban J connectivity index is 1.06. The molecule has 11 rings (SSSR count). The van der Waals surface area contributed by atoms with E-state index in [1.54, 1.807) is 0 Å². The molecule has 0 fully saturated rings. The Kier molecular flexibility index (Phi) is 7.29. The molecule has 0 aliphatic heterocycles. The third-order valence-electron chi connectivity index (χ3n) is 11.3. The van der Waals surface area contributed by atoms with Crippen LogP contribution in [0.4, 0.5) is 17.1 Å². The summed E-state index contributed by atoms with van der Waals surface area (Å²) in [4.78, 5) is 2.32. The van der Waals surface area contributed by atoms with Gasteiger partial charge in [-0.3, -0.25) is 0 Å². The lowest BCUT2D eigenvalue weighted by Gasteiger charge is -2.26. The van der Waals surface area contributed by atoms with Crippen molar-refractivity contribution in [1.82, 2.24) is 0 Å². The molecule has 268 valence electrons. The summed E-state index contributed by atoms with van der Waals surface area (Å²) in [7, 11) is 0. The zero-order valence-corrected chi connectivity index (χ0v) is 32.2. The van der Waals surface area contributed by atoms with Crippen molar-refractivity contribution in [3.63, 3.8) is 0 Å². The van der Waals surface area contributed by atoms with Crippen LogP contribution in [0.2, 0.25) is 0 Å². The number of furan rings is 2. The summed E-state index contributed by atoms with van der Waals surface area (Å²) in [6, 6.07) is 61.0. The monoisotopic (exact) mass is 739 g/mol. The summed E-state index contributed by atoms with van der Waals surface area (Å²) in [6.07, 6.45) is 0. The van der Waals surface area contributed by atoms with Gasteiger partial charge in [-0.1, -0.05) is 136 Å². The predicted octanol–water partition coefficient (Wildman–Crippen LogP) is 16.0. The van der Waals surface area contributed by atoms with E-state index in [1.807, 2.05) is 23.5 Å². The Morgan fingerprint density at radius 1 is 0.446 bits per heavy atom. The Labute approximate surface area is 328 Å². The van der Waals surface area contributed by atoms with E-state index in [-0.39, 0.29) is 5.41 Å². The molecule has 0 aliphatic carbocycles. The van der Waals surface area contributed by atoms with Crippen LogP contribution < -0.4 is 4.90 Å². The van der Waals surface area contributed by atoms with Gasteiger partial charge in [0.25, 0.3) is 0 Å². The summed E-state index contributed by atoms with van der Waals surface area (Å²) >= 11 is 1.86. The minimum Gasteiger partial charge on any atom is -0.455 e. The molecule has 3 heterocycles. The van der Waals surface area contributed by atoms with Gasteiger partial charge in [-0.05, 0) is 82.3 Å². The van der Waals surface area contributed by atoms with Gasteiger partial charge in [0.15, 0.2) is 5.58 Å². The fraction of sp³-hybridized carbons (Fsp3) is 0.0769. The number of para-hydroxylation sites is 3. The highest BCUT2D eigenvalue weighted by atomic mass is 32.1. The van der Waals surface area contributed by atoms with Crippen LogP contribution in [0.25, 0.3) is 86.3 Å².